The van der Waals surface area contributed by atoms with Crippen LogP contribution in [0.15, 0.2) is 66.7 Å². The average molecular weight is 377 g/mol. The van der Waals surface area contributed by atoms with Crippen molar-refractivity contribution in [2.75, 3.05) is 5.32 Å². The molecule has 0 bridgehead atoms. The molecule has 0 atom stereocenters. The number of rotatable bonds is 4. The van der Waals surface area contributed by atoms with Gasteiger partial charge in [-0.2, -0.15) is 0 Å². The van der Waals surface area contributed by atoms with Crippen LogP contribution in [0.2, 0.25) is 5.02 Å². The molecule has 6 heteroatoms. The minimum atomic E-state index is -0.215. The highest BCUT2D eigenvalue weighted by atomic mass is 35.5. The third-order valence-corrected chi connectivity index (χ3v) is 4.68. The number of aryl methyl sites for hydroxylation is 1. The lowest BCUT2D eigenvalue weighted by molar-refractivity contribution is 0.102. The van der Waals surface area contributed by atoms with Crippen LogP contribution >= 0.6 is 11.6 Å². The molecule has 0 saturated heterocycles. The maximum absolute atomic E-state index is 12.5. The molecule has 27 heavy (non-hydrogen) atoms. The largest absolute Gasteiger partial charge is 0.322 e. The number of anilines is 1. The summed E-state index contributed by atoms with van der Waals surface area (Å²) in [4.78, 5) is 12.5. The zero-order valence-electron chi connectivity index (χ0n) is 14.7. The molecule has 1 N–H and O–H groups in total. The average Bonchev–Trinajstić information content (AvgIpc) is 3.06. The third-order valence-electron chi connectivity index (χ3n) is 4.44. The van der Waals surface area contributed by atoms with E-state index in [1.165, 1.54) is 11.1 Å². The SMILES string of the molecule is Cc1ccccc1Cn1nnc2cc(C(=O)Nc3cccc(Cl)c3)ccc21. The summed E-state index contributed by atoms with van der Waals surface area (Å²) in [7, 11) is 0. The molecule has 1 heterocycles. The first kappa shape index (κ1) is 17.2. The second-order valence-corrected chi connectivity index (χ2v) is 6.78. The van der Waals surface area contributed by atoms with Gasteiger partial charge in [-0.1, -0.05) is 47.1 Å². The highest BCUT2D eigenvalue weighted by molar-refractivity contribution is 6.31. The first-order valence-electron chi connectivity index (χ1n) is 8.55. The molecule has 0 saturated carbocycles. The van der Waals surface area contributed by atoms with Crippen LogP contribution in [-0.4, -0.2) is 20.9 Å². The van der Waals surface area contributed by atoms with Crippen molar-refractivity contribution in [3.8, 4) is 0 Å². The Kier molecular flexibility index (Phi) is 4.60. The Balaban J connectivity index is 1.58. The van der Waals surface area contributed by atoms with E-state index in [0.29, 0.717) is 28.3 Å². The number of nitrogens with one attached hydrogen (secondary N) is 1. The van der Waals surface area contributed by atoms with E-state index in [-0.39, 0.29) is 5.91 Å². The molecule has 0 aliphatic carbocycles. The predicted molar refractivity (Wildman–Crippen MR) is 107 cm³/mol. The first-order valence-corrected chi connectivity index (χ1v) is 8.92. The van der Waals surface area contributed by atoms with E-state index in [2.05, 4.69) is 34.7 Å². The highest BCUT2D eigenvalue weighted by Crippen LogP contribution is 2.19. The number of amides is 1. The van der Waals surface area contributed by atoms with Gasteiger partial charge >= 0.3 is 0 Å². The van der Waals surface area contributed by atoms with Gasteiger partial charge in [0.15, 0.2) is 0 Å². The van der Waals surface area contributed by atoms with Crippen LogP contribution in [0.4, 0.5) is 5.69 Å². The molecule has 4 rings (SSSR count). The second kappa shape index (κ2) is 7.21. The minimum Gasteiger partial charge on any atom is -0.322 e. The Morgan fingerprint density at radius 3 is 2.74 bits per heavy atom. The van der Waals surface area contributed by atoms with Gasteiger partial charge in [-0.25, -0.2) is 4.68 Å². The van der Waals surface area contributed by atoms with E-state index in [1.54, 1.807) is 36.4 Å². The van der Waals surface area contributed by atoms with Crippen molar-refractivity contribution in [1.29, 1.82) is 0 Å². The number of carbonyl (C=O) groups is 1. The fraction of sp³-hybridized carbons (Fsp3) is 0.0952. The van der Waals surface area contributed by atoms with Crippen molar-refractivity contribution in [3.05, 3.63) is 88.4 Å². The van der Waals surface area contributed by atoms with E-state index in [1.807, 2.05) is 22.9 Å². The maximum Gasteiger partial charge on any atom is 0.255 e. The van der Waals surface area contributed by atoms with Gasteiger partial charge in [0.1, 0.15) is 5.52 Å². The zero-order valence-corrected chi connectivity index (χ0v) is 15.4. The fourth-order valence-corrected chi connectivity index (χ4v) is 3.14. The van der Waals surface area contributed by atoms with Gasteiger partial charge in [0.25, 0.3) is 5.91 Å². The molecule has 0 aliphatic heterocycles. The highest BCUT2D eigenvalue weighted by Gasteiger charge is 2.11. The number of fused-ring (bicyclic) bond motifs is 1. The Morgan fingerprint density at radius 1 is 1.07 bits per heavy atom. The number of carbonyl (C=O) groups excluding carboxylic acids is 1. The fourth-order valence-electron chi connectivity index (χ4n) is 2.95. The molecule has 3 aromatic carbocycles. The maximum atomic E-state index is 12.5. The summed E-state index contributed by atoms with van der Waals surface area (Å²) in [5.74, 6) is -0.215. The molecule has 0 radical (unpaired) electrons. The van der Waals surface area contributed by atoms with Crippen molar-refractivity contribution >= 4 is 34.2 Å². The smallest absolute Gasteiger partial charge is 0.255 e. The molecule has 134 valence electrons. The normalized spacial score (nSPS) is 10.9. The molecule has 0 spiro atoms. The molecule has 0 unspecified atom stereocenters. The Bertz CT molecular complexity index is 1140. The van der Waals surface area contributed by atoms with Crippen molar-refractivity contribution < 1.29 is 4.79 Å². The van der Waals surface area contributed by atoms with Crippen molar-refractivity contribution in [1.82, 2.24) is 15.0 Å². The monoisotopic (exact) mass is 376 g/mol. The van der Waals surface area contributed by atoms with E-state index in [9.17, 15) is 4.79 Å². The molecule has 0 fully saturated rings. The van der Waals surface area contributed by atoms with Crippen LogP contribution in [0, 0.1) is 6.92 Å². The number of nitrogens with zero attached hydrogens (tertiary/aromatic N) is 3. The third kappa shape index (κ3) is 3.68. The lowest BCUT2D eigenvalue weighted by Gasteiger charge is -2.07. The zero-order chi connectivity index (χ0) is 18.8. The van der Waals surface area contributed by atoms with Gasteiger partial charge in [-0.05, 0) is 54.4 Å². The summed E-state index contributed by atoms with van der Waals surface area (Å²) in [6.45, 7) is 2.71. The van der Waals surface area contributed by atoms with Gasteiger partial charge in [0, 0.05) is 16.3 Å². The number of hydrogen-bond acceptors (Lipinski definition) is 3. The Morgan fingerprint density at radius 2 is 1.93 bits per heavy atom. The molecule has 0 aliphatic rings. The molecule has 1 aromatic heterocycles. The van der Waals surface area contributed by atoms with Gasteiger partial charge in [0.2, 0.25) is 0 Å². The number of benzene rings is 3. The summed E-state index contributed by atoms with van der Waals surface area (Å²) in [5.41, 5.74) is 5.13. The van der Waals surface area contributed by atoms with Gasteiger partial charge < -0.3 is 5.32 Å². The van der Waals surface area contributed by atoms with Crippen LogP contribution in [0.5, 0.6) is 0 Å². The van der Waals surface area contributed by atoms with Crippen LogP contribution in [0.1, 0.15) is 21.5 Å². The minimum absolute atomic E-state index is 0.215. The van der Waals surface area contributed by atoms with Crippen LogP contribution in [0.3, 0.4) is 0 Å². The lowest BCUT2D eigenvalue weighted by Crippen LogP contribution is -2.11. The summed E-state index contributed by atoms with van der Waals surface area (Å²) in [6.07, 6.45) is 0. The molecule has 4 aromatic rings. The number of halogens is 1. The quantitative estimate of drug-likeness (QED) is 0.562. The predicted octanol–water partition coefficient (Wildman–Crippen LogP) is 4.69. The standard InChI is InChI=1S/C21H17ClN4O/c1-14-5-2-3-6-16(14)13-26-20-10-9-15(11-19(20)24-25-26)21(27)23-18-8-4-7-17(22)12-18/h2-12H,13H2,1H3,(H,23,27). The second-order valence-electron chi connectivity index (χ2n) is 6.34. The lowest BCUT2D eigenvalue weighted by atomic mass is 10.1. The molecule has 1 amide bonds. The van der Waals surface area contributed by atoms with Crippen LogP contribution in [-0.2, 0) is 6.54 Å². The molecular formula is C21H17ClN4O. The summed E-state index contributed by atoms with van der Waals surface area (Å²) < 4.78 is 1.84. The summed E-state index contributed by atoms with van der Waals surface area (Å²) in [5, 5.41) is 11.9. The summed E-state index contributed by atoms with van der Waals surface area (Å²) >= 11 is 5.96. The van der Waals surface area contributed by atoms with Gasteiger partial charge in [-0.15, -0.1) is 5.10 Å². The van der Waals surface area contributed by atoms with E-state index >= 15 is 0 Å². The van der Waals surface area contributed by atoms with Crippen molar-refractivity contribution in [2.24, 2.45) is 0 Å². The first-order chi connectivity index (χ1) is 13.1. The van der Waals surface area contributed by atoms with Gasteiger partial charge in [-0.3, -0.25) is 4.79 Å². The topological polar surface area (TPSA) is 59.8 Å². The van der Waals surface area contributed by atoms with E-state index in [0.717, 1.165) is 5.52 Å². The van der Waals surface area contributed by atoms with Crippen molar-refractivity contribution in [3.63, 3.8) is 0 Å². The van der Waals surface area contributed by atoms with E-state index in [4.69, 9.17) is 11.6 Å². The summed E-state index contributed by atoms with van der Waals surface area (Å²) in [6, 6.07) is 20.6. The number of aromatic nitrogens is 3. The Hall–Kier alpha value is -3.18. The molecular weight excluding hydrogens is 360 g/mol. The van der Waals surface area contributed by atoms with Crippen LogP contribution < -0.4 is 5.32 Å². The van der Waals surface area contributed by atoms with E-state index < -0.39 is 0 Å². The number of hydrogen-bond donors (Lipinski definition) is 1. The van der Waals surface area contributed by atoms with Crippen LogP contribution in [0.25, 0.3) is 11.0 Å². The Labute approximate surface area is 161 Å². The van der Waals surface area contributed by atoms with Gasteiger partial charge in [0.05, 0.1) is 12.1 Å². The molecule has 5 nitrogen and oxygen atoms in total. The van der Waals surface area contributed by atoms with Crippen molar-refractivity contribution in [2.45, 2.75) is 13.5 Å².